The fourth-order valence-electron chi connectivity index (χ4n) is 3.22. The number of hydrogen-bond acceptors (Lipinski definition) is 6. The zero-order valence-electron chi connectivity index (χ0n) is 12.9. The predicted molar refractivity (Wildman–Crippen MR) is 77.1 cm³/mol. The average Bonchev–Trinajstić information content (AvgIpc) is 2.93. The number of nitrogens with zero attached hydrogens (tertiary/aromatic N) is 1. The van der Waals surface area contributed by atoms with Gasteiger partial charge in [-0.25, -0.2) is 4.79 Å². The van der Waals surface area contributed by atoms with E-state index < -0.39 is 23.8 Å². The topological polar surface area (TPSA) is 121 Å². The molecule has 23 heavy (non-hydrogen) atoms. The Morgan fingerprint density at radius 3 is 2.57 bits per heavy atom. The van der Waals surface area contributed by atoms with Crippen molar-refractivity contribution in [3.8, 4) is 5.75 Å². The number of amides is 1. The normalized spacial score (nSPS) is 23.0. The Hall–Kier alpha value is -2.61. The van der Waals surface area contributed by atoms with Crippen LogP contribution in [0.3, 0.4) is 0 Å². The molecular formula is C15H16N2O6. The molecular weight excluding hydrogens is 304 g/mol. The van der Waals surface area contributed by atoms with Gasteiger partial charge in [-0.05, 0) is 6.92 Å². The van der Waals surface area contributed by atoms with Crippen molar-refractivity contribution in [3.05, 3.63) is 28.3 Å². The molecule has 3 N–H and O–H groups in total. The Labute approximate surface area is 131 Å². The largest absolute Gasteiger partial charge is 0.492 e. The van der Waals surface area contributed by atoms with E-state index in [1.54, 1.807) is 6.92 Å². The van der Waals surface area contributed by atoms with Gasteiger partial charge in [0.25, 0.3) is 0 Å². The number of hydrogen-bond donors (Lipinski definition) is 2. The van der Waals surface area contributed by atoms with Crippen molar-refractivity contribution in [3.63, 3.8) is 0 Å². The third-order valence-corrected chi connectivity index (χ3v) is 4.28. The van der Waals surface area contributed by atoms with Crippen LogP contribution in [0.1, 0.15) is 46.5 Å². The first kappa shape index (κ1) is 15.3. The molecule has 2 heterocycles. The fourth-order valence-corrected chi connectivity index (χ4v) is 3.22. The molecule has 1 amide bonds. The smallest absolute Gasteiger partial charge is 0.410 e. The van der Waals surface area contributed by atoms with E-state index in [0.29, 0.717) is 6.54 Å². The number of aromatic nitrogens is 1. The number of aliphatic hydroxyl groups excluding tert-OH is 1. The van der Waals surface area contributed by atoms with Crippen LogP contribution in [-0.4, -0.2) is 34.4 Å². The molecule has 0 saturated heterocycles. The highest BCUT2D eigenvalue weighted by Gasteiger charge is 2.45. The van der Waals surface area contributed by atoms with Gasteiger partial charge in [0.2, 0.25) is 11.6 Å². The SMILES string of the molecule is COC1=C(C)C(=O)c2c(c(OC(N)=O)c3n2CC(C)C3O)C1=O. The lowest BCUT2D eigenvalue weighted by Crippen LogP contribution is -2.25. The van der Waals surface area contributed by atoms with Crippen LogP contribution in [-0.2, 0) is 11.3 Å². The minimum atomic E-state index is -1.13. The minimum Gasteiger partial charge on any atom is -0.492 e. The summed E-state index contributed by atoms with van der Waals surface area (Å²) in [6.07, 6.45) is -2.10. The summed E-state index contributed by atoms with van der Waals surface area (Å²) in [5, 5.41) is 10.3. The van der Waals surface area contributed by atoms with Crippen molar-refractivity contribution in [1.29, 1.82) is 0 Å². The van der Waals surface area contributed by atoms with Crippen molar-refractivity contribution in [1.82, 2.24) is 4.57 Å². The highest BCUT2D eigenvalue weighted by Crippen LogP contribution is 2.46. The molecule has 2 aliphatic rings. The lowest BCUT2D eigenvalue weighted by Gasteiger charge is -2.18. The van der Waals surface area contributed by atoms with Crippen LogP contribution in [0.15, 0.2) is 11.3 Å². The van der Waals surface area contributed by atoms with Crippen LogP contribution in [0.4, 0.5) is 4.79 Å². The van der Waals surface area contributed by atoms with E-state index in [1.165, 1.54) is 18.6 Å². The van der Waals surface area contributed by atoms with Gasteiger partial charge in [-0.1, -0.05) is 6.92 Å². The zero-order chi connectivity index (χ0) is 17.0. The Morgan fingerprint density at radius 2 is 2.00 bits per heavy atom. The van der Waals surface area contributed by atoms with Crippen LogP contribution in [0.25, 0.3) is 0 Å². The first-order valence-electron chi connectivity index (χ1n) is 7.05. The summed E-state index contributed by atoms with van der Waals surface area (Å²) in [7, 11) is 1.28. The van der Waals surface area contributed by atoms with Crippen LogP contribution in [0.2, 0.25) is 0 Å². The molecule has 1 aromatic heterocycles. The van der Waals surface area contributed by atoms with E-state index in [4.69, 9.17) is 15.2 Å². The molecule has 2 unspecified atom stereocenters. The van der Waals surface area contributed by atoms with Gasteiger partial charge in [0, 0.05) is 18.0 Å². The van der Waals surface area contributed by atoms with Gasteiger partial charge in [0.1, 0.15) is 11.8 Å². The third-order valence-electron chi connectivity index (χ3n) is 4.28. The van der Waals surface area contributed by atoms with Crippen molar-refractivity contribution < 1.29 is 29.0 Å². The molecule has 8 heteroatoms. The molecule has 122 valence electrons. The molecule has 8 nitrogen and oxygen atoms in total. The average molecular weight is 320 g/mol. The molecule has 1 aromatic rings. The molecule has 0 aromatic carbocycles. The van der Waals surface area contributed by atoms with E-state index in [1.807, 2.05) is 0 Å². The number of rotatable bonds is 2. The Balaban J connectivity index is 2.32. The molecule has 0 fully saturated rings. The van der Waals surface area contributed by atoms with Crippen molar-refractivity contribution in [2.45, 2.75) is 26.5 Å². The molecule has 2 atom stereocenters. The second kappa shape index (κ2) is 4.95. The molecule has 0 radical (unpaired) electrons. The number of nitrogens with two attached hydrogens (primary N) is 1. The second-order valence-corrected chi connectivity index (χ2v) is 5.71. The van der Waals surface area contributed by atoms with Gasteiger partial charge < -0.3 is 24.9 Å². The number of Topliss-reactive ketones (excluding diaryl/α,β-unsaturated/α-hetero) is 2. The standard InChI is InChI=1S/C15H16N2O6/c1-5-4-17-8-7(12(20)13(22-3)6(2)11(8)19)14(23-15(16)21)9(17)10(5)18/h5,10,18H,4H2,1-3H3,(H2,16,21). The first-order chi connectivity index (χ1) is 10.8. The molecule has 3 rings (SSSR count). The van der Waals surface area contributed by atoms with Crippen molar-refractivity contribution in [2.24, 2.45) is 11.7 Å². The van der Waals surface area contributed by atoms with Crippen LogP contribution >= 0.6 is 0 Å². The molecule has 0 bridgehead atoms. The number of ether oxygens (including phenoxy) is 2. The van der Waals surface area contributed by atoms with Gasteiger partial charge in [0.15, 0.2) is 11.5 Å². The number of allylic oxidation sites excluding steroid dienone is 2. The predicted octanol–water partition coefficient (Wildman–Crippen LogP) is 0.928. The molecule has 1 aliphatic heterocycles. The minimum absolute atomic E-state index is 0.0859. The zero-order valence-corrected chi connectivity index (χ0v) is 12.9. The summed E-state index contributed by atoms with van der Waals surface area (Å²) in [6.45, 7) is 3.61. The number of ketones is 2. The monoisotopic (exact) mass is 320 g/mol. The van der Waals surface area contributed by atoms with Crippen LogP contribution < -0.4 is 10.5 Å². The van der Waals surface area contributed by atoms with Gasteiger partial charge in [-0.2, -0.15) is 0 Å². The quantitative estimate of drug-likeness (QED) is 0.836. The highest BCUT2D eigenvalue weighted by atomic mass is 16.5. The van der Waals surface area contributed by atoms with Crippen LogP contribution in [0.5, 0.6) is 5.75 Å². The second-order valence-electron chi connectivity index (χ2n) is 5.71. The molecule has 0 saturated carbocycles. The summed E-state index contributed by atoms with van der Waals surface area (Å²) >= 11 is 0. The maximum Gasteiger partial charge on any atom is 0.410 e. The van der Waals surface area contributed by atoms with Crippen LogP contribution in [0, 0.1) is 5.92 Å². The Kier molecular flexibility index (Phi) is 3.29. The lowest BCUT2D eigenvalue weighted by molar-refractivity contribution is 0.0898. The van der Waals surface area contributed by atoms with Crippen molar-refractivity contribution >= 4 is 17.7 Å². The summed E-state index contributed by atoms with van der Waals surface area (Å²) < 4.78 is 11.5. The number of carbonyl (C=O) groups is 3. The number of methoxy groups -OCH3 is 1. The van der Waals surface area contributed by atoms with E-state index in [-0.39, 0.29) is 40.0 Å². The van der Waals surface area contributed by atoms with E-state index >= 15 is 0 Å². The third kappa shape index (κ3) is 1.91. The summed E-state index contributed by atoms with van der Waals surface area (Å²) in [5.41, 5.74) is 5.48. The number of carbonyl (C=O) groups excluding carboxylic acids is 3. The van der Waals surface area contributed by atoms with Crippen molar-refractivity contribution in [2.75, 3.05) is 7.11 Å². The lowest BCUT2D eigenvalue weighted by atomic mass is 9.92. The number of primary amides is 1. The van der Waals surface area contributed by atoms with E-state index in [9.17, 15) is 19.5 Å². The van der Waals surface area contributed by atoms with Gasteiger partial charge in [-0.3, -0.25) is 9.59 Å². The van der Waals surface area contributed by atoms with Gasteiger partial charge in [-0.15, -0.1) is 0 Å². The highest BCUT2D eigenvalue weighted by molar-refractivity contribution is 6.27. The summed E-state index contributed by atoms with van der Waals surface area (Å²) in [6, 6.07) is 0. The van der Waals surface area contributed by atoms with Gasteiger partial charge >= 0.3 is 6.09 Å². The number of aliphatic hydroxyl groups is 1. The number of fused-ring (bicyclic) bond motifs is 3. The summed E-state index contributed by atoms with van der Waals surface area (Å²) in [5.74, 6) is -1.44. The molecule has 1 aliphatic carbocycles. The molecule has 0 spiro atoms. The Bertz CT molecular complexity index is 788. The fraction of sp³-hybridized carbons (Fsp3) is 0.400. The van der Waals surface area contributed by atoms with E-state index in [2.05, 4.69) is 0 Å². The maximum absolute atomic E-state index is 12.6. The first-order valence-corrected chi connectivity index (χ1v) is 7.05. The maximum atomic E-state index is 12.6. The Morgan fingerprint density at radius 1 is 1.35 bits per heavy atom. The van der Waals surface area contributed by atoms with E-state index in [0.717, 1.165) is 0 Å². The van der Waals surface area contributed by atoms with Gasteiger partial charge in [0.05, 0.1) is 18.4 Å². The summed E-state index contributed by atoms with van der Waals surface area (Å²) in [4.78, 5) is 36.5.